The smallest absolute Gasteiger partial charge is 0.319 e. The predicted molar refractivity (Wildman–Crippen MR) is 208 cm³/mol. The van der Waals surface area contributed by atoms with Gasteiger partial charge in [0.05, 0.1) is 27.4 Å². The molecule has 0 aliphatic carbocycles. The van der Waals surface area contributed by atoms with Gasteiger partial charge in [0.2, 0.25) is 0 Å². The molecule has 6 rings (SSSR count). The van der Waals surface area contributed by atoms with Crippen molar-refractivity contribution < 1.29 is 23.7 Å². The van der Waals surface area contributed by atoms with E-state index >= 15 is 0 Å². The van der Waals surface area contributed by atoms with E-state index < -0.39 is 13.9 Å². The summed E-state index contributed by atoms with van der Waals surface area (Å²) in [5.41, 5.74) is 3.51. The first-order valence-corrected chi connectivity index (χ1v) is 19.2. The lowest BCUT2D eigenvalue weighted by Gasteiger charge is -2.43. The molecule has 0 fully saturated rings. The summed E-state index contributed by atoms with van der Waals surface area (Å²) in [6.07, 6.45) is 0. The van der Waals surface area contributed by atoms with Crippen molar-refractivity contribution in [2.75, 3.05) is 14.2 Å². The van der Waals surface area contributed by atoms with Crippen LogP contribution in [0, 0.1) is 0 Å². The maximum atomic E-state index is 10.5. The number of aliphatic hydroxyl groups excluding tert-OH is 1. The second-order valence-electron chi connectivity index (χ2n) is 13.7. The fourth-order valence-electron chi connectivity index (χ4n) is 7.05. The van der Waals surface area contributed by atoms with Crippen molar-refractivity contribution >= 4 is 18.7 Å². The molecule has 51 heavy (non-hydrogen) atoms. The number of methoxy groups -OCH3 is 2. The molecular formula is C45H46O5Si. The third kappa shape index (κ3) is 7.22. The van der Waals surface area contributed by atoms with Crippen LogP contribution in [0.15, 0.2) is 158 Å². The van der Waals surface area contributed by atoms with Crippen molar-refractivity contribution in [3.05, 3.63) is 186 Å². The van der Waals surface area contributed by atoms with Gasteiger partial charge in [-0.1, -0.05) is 142 Å². The maximum absolute atomic E-state index is 10.5. The standard InChI is InChI=1S/C45H46O5Si/c1-44(2,3)51(42-17-11-7-12-18-42,43-19-13-8-14-20-43)50-41-30-34(32-46)29-35(31-41)33-49-45(36-15-9-6-10-16-36,37-21-25-39(47-4)26-22-37)38-23-27-40(48-5)28-24-38/h6-31,46H,32-33H2,1-5H3. The van der Waals surface area contributed by atoms with E-state index in [1.165, 1.54) is 10.4 Å². The van der Waals surface area contributed by atoms with Gasteiger partial charge in [-0.3, -0.25) is 0 Å². The van der Waals surface area contributed by atoms with Crippen LogP contribution >= 0.6 is 0 Å². The minimum Gasteiger partial charge on any atom is -0.534 e. The summed E-state index contributed by atoms with van der Waals surface area (Å²) < 4.78 is 25.7. The van der Waals surface area contributed by atoms with Crippen LogP contribution in [0.2, 0.25) is 5.04 Å². The minimum atomic E-state index is -2.93. The van der Waals surface area contributed by atoms with E-state index in [9.17, 15) is 5.11 Å². The zero-order valence-electron chi connectivity index (χ0n) is 30.0. The molecular weight excluding hydrogens is 649 g/mol. The molecule has 1 N–H and O–H groups in total. The van der Waals surface area contributed by atoms with Crippen LogP contribution in [0.25, 0.3) is 0 Å². The van der Waals surface area contributed by atoms with Crippen LogP contribution in [0.5, 0.6) is 17.2 Å². The number of hydrogen-bond donors (Lipinski definition) is 1. The molecule has 0 bridgehead atoms. The molecule has 0 radical (unpaired) electrons. The first-order chi connectivity index (χ1) is 24.7. The van der Waals surface area contributed by atoms with Crippen molar-refractivity contribution in [1.29, 1.82) is 0 Å². The Labute approximate surface area is 303 Å². The van der Waals surface area contributed by atoms with Crippen LogP contribution in [0.3, 0.4) is 0 Å². The summed E-state index contributed by atoms with van der Waals surface area (Å²) in [5, 5.41) is 12.7. The normalized spacial score (nSPS) is 12.0. The largest absolute Gasteiger partial charge is 0.534 e. The SMILES string of the molecule is COc1ccc(C(OCc2cc(CO)cc(O[Si](c3ccccc3)(c3ccccc3)C(C)(C)C)c2)(c2ccccc2)c2ccc(OC)cc2)cc1. The Hall–Kier alpha value is -5.14. The van der Waals surface area contributed by atoms with E-state index in [1.54, 1.807) is 14.2 Å². The van der Waals surface area contributed by atoms with Gasteiger partial charge in [-0.2, -0.15) is 0 Å². The Morgan fingerprint density at radius 2 is 0.941 bits per heavy atom. The molecule has 0 aromatic heterocycles. The zero-order chi connectivity index (χ0) is 35.9. The van der Waals surface area contributed by atoms with Gasteiger partial charge in [0.1, 0.15) is 22.8 Å². The summed E-state index contributed by atoms with van der Waals surface area (Å²) in [6, 6.07) is 53.5. The highest BCUT2D eigenvalue weighted by molar-refractivity contribution is 7.00. The van der Waals surface area contributed by atoms with Crippen LogP contribution in [0.1, 0.15) is 48.6 Å². The average Bonchev–Trinajstić information content (AvgIpc) is 3.18. The van der Waals surface area contributed by atoms with Gasteiger partial charge in [-0.25, -0.2) is 0 Å². The fraction of sp³-hybridized carbons (Fsp3) is 0.200. The summed E-state index contributed by atoms with van der Waals surface area (Å²) in [6.45, 7) is 6.88. The lowest BCUT2D eigenvalue weighted by molar-refractivity contribution is 0.0000940. The quantitative estimate of drug-likeness (QED) is 0.0969. The van der Waals surface area contributed by atoms with E-state index in [0.29, 0.717) is 5.75 Å². The minimum absolute atomic E-state index is 0.133. The molecule has 0 saturated heterocycles. The highest BCUT2D eigenvalue weighted by Crippen LogP contribution is 2.43. The van der Waals surface area contributed by atoms with Crippen molar-refractivity contribution in [2.24, 2.45) is 0 Å². The molecule has 260 valence electrons. The second kappa shape index (κ2) is 15.4. The van der Waals surface area contributed by atoms with Crippen molar-refractivity contribution in [1.82, 2.24) is 0 Å². The monoisotopic (exact) mass is 694 g/mol. The molecule has 6 aromatic carbocycles. The van der Waals surface area contributed by atoms with Crippen LogP contribution in [-0.2, 0) is 23.6 Å². The van der Waals surface area contributed by atoms with E-state index in [1.807, 2.05) is 66.7 Å². The Morgan fingerprint density at radius 1 is 0.510 bits per heavy atom. The molecule has 5 nitrogen and oxygen atoms in total. The van der Waals surface area contributed by atoms with Gasteiger partial charge >= 0.3 is 8.32 Å². The van der Waals surface area contributed by atoms with Gasteiger partial charge < -0.3 is 23.7 Å². The highest BCUT2D eigenvalue weighted by atomic mass is 28.4. The average molecular weight is 695 g/mol. The molecule has 0 aliphatic rings. The lowest BCUT2D eigenvalue weighted by Crippen LogP contribution is -2.68. The molecule has 0 amide bonds. The topological polar surface area (TPSA) is 57.2 Å². The molecule has 0 unspecified atom stereocenters. The number of rotatable bonds is 13. The maximum Gasteiger partial charge on any atom is 0.319 e. The number of aliphatic hydroxyl groups is 1. The van der Waals surface area contributed by atoms with Crippen LogP contribution in [0.4, 0.5) is 0 Å². The summed E-state index contributed by atoms with van der Waals surface area (Å²) >= 11 is 0. The van der Waals surface area contributed by atoms with Crippen molar-refractivity contribution in [2.45, 2.75) is 44.6 Å². The molecule has 0 spiro atoms. The number of ether oxygens (including phenoxy) is 3. The van der Waals surface area contributed by atoms with Crippen molar-refractivity contribution in [3.63, 3.8) is 0 Å². The summed E-state index contributed by atoms with van der Waals surface area (Å²) in [5.74, 6) is 2.22. The molecule has 0 aliphatic heterocycles. The molecule has 0 saturated carbocycles. The number of benzene rings is 6. The Morgan fingerprint density at radius 3 is 1.37 bits per heavy atom. The fourth-order valence-corrected chi connectivity index (χ4v) is 11.5. The first kappa shape index (κ1) is 35.7. The zero-order valence-corrected chi connectivity index (χ0v) is 31.0. The van der Waals surface area contributed by atoms with Gasteiger partial charge in [0.15, 0.2) is 0 Å². The van der Waals surface area contributed by atoms with Gasteiger partial charge in [-0.05, 0) is 79.6 Å². The molecule has 0 heterocycles. The number of hydrogen-bond acceptors (Lipinski definition) is 5. The Bertz CT molecular complexity index is 1900. The first-order valence-electron chi connectivity index (χ1n) is 17.3. The van der Waals surface area contributed by atoms with Crippen LogP contribution < -0.4 is 24.3 Å². The lowest BCUT2D eigenvalue weighted by atomic mass is 9.80. The molecule has 6 heteroatoms. The highest BCUT2D eigenvalue weighted by Gasteiger charge is 2.52. The van der Waals surface area contributed by atoms with E-state index in [4.69, 9.17) is 18.6 Å². The summed E-state index contributed by atoms with van der Waals surface area (Å²) in [7, 11) is 0.403. The van der Waals surface area contributed by atoms with Crippen LogP contribution in [-0.4, -0.2) is 27.6 Å². The summed E-state index contributed by atoms with van der Waals surface area (Å²) in [4.78, 5) is 0. The van der Waals surface area contributed by atoms with Gasteiger partial charge in [0.25, 0.3) is 0 Å². The second-order valence-corrected chi connectivity index (χ2v) is 17.9. The molecule has 0 atom stereocenters. The van der Waals surface area contributed by atoms with Gasteiger partial charge in [-0.15, -0.1) is 0 Å². The molecule has 6 aromatic rings. The van der Waals surface area contributed by atoms with E-state index in [0.717, 1.165) is 39.3 Å². The van der Waals surface area contributed by atoms with Crippen molar-refractivity contribution in [3.8, 4) is 17.2 Å². The third-order valence-corrected chi connectivity index (χ3v) is 14.5. The third-order valence-electron chi connectivity index (χ3n) is 9.53. The van der Waals surface area contributed by atoms with E-state index in [2.05, 4.69) is 112 Å². The Kier molecular flexibility index (Phi) is 10.8. The van der Waals surface area contributed by atoms with E-state index in [-0.39, 0.29) is 18.3 Å². The predicted octanol–water partition coefficient (Wildman–Crippen LogP) is 8.64. The Balaban J connectivity index is 1.48. The van der Waals surface area contributed by atoms with Gasteiger partial charge in [0, 0.05) is 0 Å².